The Morgan fingerprint density at radius 3 is 1.75 bits per heavy atom. The second-order valence-corrected chi connectivity index (χ2v) is 4.16. The van der Waals surface area contributed by atoms with E-state index >= 15 is 0 Å². The molecule has 0 atom stereocenters. The van der Waals surface area contributed by atoms with Crippen molar-refractivity contribution in [2.24, 2.45) is 11.7 Å². The Morgan fingerprint density at radius 2 is 1.69 bits per heavy atom. The zero-order chi connectivity index (χ0) is 12.8. The molecule has 1 saturated carbocycles. The minimum Gasteiger partial charge on any atom is -0.481 e. The first-order chi connectivity index (χ1) is 7.62. The van der Waals surface area contributed by atoms with E-state index in [1.54, 1.807) is 0 Å². The molecule has 98 valence electrons. The van der Waals surface area contributed by atoms with Gasteiger partial charge < -0.3 is 10.8 Å². The number of carbonyl (C=O) groups is 1. The van der Waals surface area contributed by atoms with Gasteiger partial charge in [-0.1, -0.05) is 46.5 Å². The summed E-state index contributed by atoms with van der Waals surface area (Å²) in [7, 11) is 0. The number of nitrogens with two attached hydrogens (primary N) is 1. The molecule has 0 aliphatic heterocycles. The van der Waals surface area contributed by atoms with Gasteiger partial charge in [-0.15, -0.1) is 0 Å². The van der Waals surface area contributed by atoms with Crippen molar-refractivity contribution < 1.29 is 9.90 Å². The minimum absolute atomic E-state index is 0.389. The third-order valence-corrected chi connectivity index (χ3v) is 2.40. The lowest BCUT2D eigenvalue weighted by molar-refractivity contribution is -0.138. The zero-order valence-electron chi connectivity index (χ0n) is 11.2. The van der Waals surface area contributed by atoms with Gasteiger partial charge in [0, 0.05) is 6.42 Å². The molecule has 1 aliphatic rings. The van der Waals surface area contributed by atoms with Crippen LogP contribution in [-0.2, 0) is 4.79 Å². The van der Waals surface area contributed by atoms with Crippen molar-refractivity contribution in [1.82, 2.24) is 0 Å². The Balaban J connectivity index is 0. The van der Waals surface area contributed by atoms with Crippen molar-refractivity contribution >= 4 is 5.97 Å². The third kappa shape index (κ3) is 15.9. The maximum absolute atomic E-state index is 10.0. The average Bonchev–Trinajstić information content (AvgIpc) is 2.15. The predicted molar refractivity (Wildman–Crippen MR) is 69.5 cm³/mol. The van der Waals surface area contributed by atoms with E-state index in [4.69, 9.17) is 10.8 Å². The number of aliphatic carboxylic acids is 1. The lowest BCUT2D eigenvalue weighted by Gasteiger charge is -2.22. The van der Waals surface area contributed by atoms with Crippen molar-refractivity contribution in [2.75, 3.05) is 6.54 Å². The quantitative estimate of drug-likeness (QED) is 0.779. The average molecular weight is 231 g/mol. The molecule has 0 unspecified atom stereocenters. The second kappa shape index (κ2) is 14.4. The van der Waals surface area contributed by atoms with Crippen LogP contribution in [0.4, 0.5) is 0 Å². The van der Waals surface area contributed by atoms with Crippen molar-refractivity contribution in [3.63, 3.8) is 0 Å². The number of carboxylic acid groups (broad SMARTS) is 1. The summed E-state index contributed by atoms with van der Waals surface area (Å²) in [5.41, 5.74) is 4.85. The molecule has 0 aromatic heterocycles. The van der Waals surface area contributed by atoms with Crippen LogP contribution in [0.25, 0.3) is 0 Å². The molecule has 3 heteroatoms. The number of unbranched alkanes of at least 4 members (excludes halogenated alkanes) is 2. The van der Waals surface area contributed by atoms with Gasteiger partial charge in [0.1, 0.15) is 0 Å². The molecule has 0 aromatic rings. The summed E-state index contributed by atoms with van der Waals surface area (Å²) in [6.45, 7) is 7.08. The molecule has 0 amide bonds. The molecule has 3 nitrogen and oxygen atoms in total. The van der Waals surface area contributed by atoms with E-state index in [-0.39, 0.29) is 0 Å². The summed E-state index contributed by atoms with van der Waals surface area (Å²) < 4.78 is 0. The van der Waals surface area contributed by atoms with Crippen molar-refractivity contribution in [3.8, 4) is 0 Å². The van der Waals surface area contributed by atoms with Gasteiger partial charge in [0.15, 0.2) is 0 Å². The zero-order valence-corrected chi connectivity index (χ0v) is 11.2. The number of carboxylic acids is 1. The molecule has 0 radical (unpaired) electrons. The molecule has 3 N–H and O–H groups in total. The standard InChI is InChI=1S/C6H10O2.C5H12.C2H7N/c7-6(8)4-5-2-1-3-5;1-3-5-4-2;1-2-3/h5H,1-4H2,(H,7,8);3-5H2,1-2H3;2-3H2,1H3. The van der Waals surface area contributed by atoms with Crippen LogP contribution in [0.2, 0.25) is 0 Å². The molecule has 0 spiro atoms. The summed E-state index contributed by atoms with van der Waals surface area (Å²) in [5, 5.41) is 8.25. The molecule has 16 heavy (non-hydrogen) atoms. The highest BCUT2D eigenvalue weighted by atomic mass is 16.4. The van der Waals surface area contributed by atoms with Crippen LogP contribution in [0.3, 0.4) is 0 Å². The highest BCUT2D eigenvalue weighted by Crippen LogP contribution is 2.28. The molecular weight excluding hydrogens is 202 g/mol. The fourth-order valence-corrected chi connectivity index (χ4v) is 1.30. The van der Waals surface area contributed by atoms with Crippen molar-refractivity contribution in [2.45, 2.75) is 65.7 Å². The Hall–Kier alpha value is -0.570. The SMILES string of the molecule is CCCCC.CCN.O=C(O)CC1CCC1. The van der Waals surface area contributed by atoms with E-state index in [2.05, 4.69) is 13.8 Å². The molecule has 0 saturated heterocycles. The van der Waals surface area contributed by atoms with Crippen molar-refractivity contribution in [1.29, 1.82) is 0 Å². The lowest BCUT2D eigenvalue weighted by atomic mass is 9.83. The van der Waals surface area contributed by atoms with Crippen LogP contribution in [-0.4, -0.2) is 17.6 Å². The van der Waals surface area contributed by atoms with Gasteiger partial charge in [-0.25, -0.2) is 0 Å². The summed E-state index contributed by atoms with van der Waals surface area (Å²) in [6.07, 6.45) is 7.96. The van der Waals surface area contributed by atoms with Gasteiger partial charge in [0.2, 0.25) is 0 Å². The Bertz CT molecular complexity index is 143. The highest BCUT2D eigenvalue weighted by molar-refractivity contribution is 5.67. The monoisotopic (exact) mass is 231 g/mol. The summed E-state index contributed by atoms with van der Waals surface area (Å²) in [6, 6.07) is 0. The van der Waals surface area contributed by atoms with Crippen LogP contribution < -0.4 is 5.73 Å². The van der Waals surface area contributed by atoms with Gasteiger partial charge in [-0.3, -0.25) is 4.79 Å². The fraction of sp³-hybridized carbons (Fsp3) is 0.923. The molecule has 1 rings (SSSR count). The molecule has 1 aliphatic carbocycles. The van der Waals surface area contributed by atoms with Crippen LogP contribution in [0.5, 0.6) is 0 Å². The largest absolute Gasteiger partial charge is 0.481 e. The number of hydrogen-bond acceptors (Lipinski definition) is 2. The van der Waals surface area contributed by atoms with E-state index in [1.165, 1.54) is 25.7 Å². The first-order valence-corrected chi connectivity index (χ1v) is 6.54. The summed E-state index contributed by atoms with van der Waals surface area (Å²) in [5.74, 6) is -0.137. The van der Waals surface area contributed by atoms with E-state index in [9.17, 15) is 4.79 Å². The maximum atomic E-state index is 10.0. The first kappa shape index (κ1) is 17.8. The molecule has 0 bridgehead atoms. The summed E-state index contributed by atoms with van der Waals surface area (Å²) >= 11 is 0. The fourth-order valence-electron chi connectivity index (χ4n) is 1.30. The van der Waals surface area contributed by atoms with Gasteiger partial charge >= 0.3 is 5.97 Å². The van der Waals surface area contributed by atoms with Gasteiger partial charge in [-0.05, 0) is 25.3 Å². The maximum Gasteiger partial charge on any atom is 0.303 e. The Morgan fingerprint density at radius 1 is 1.25 bits per heavy atom. The van der Waals surface area contributed by atoms with Crippen LogP contribution in [0.1, 0.15) is 65.7 Å². The molecule has 0 aromatic carbocycles. The third-order valence-electron chi connectivity index (χ3n) is 2.40. The van der Waals surface area contributed by atoms with E-state index < -0.39 is 5.97 Å². The number of rotatable bonds is 4. The Labute approximate surface area is 100 Å². The lowest BCUT2D eigenvalue weighted by Crippen LogP contribution is -2.14. The first-order valence-electron chi connectivity index (χ1n) is 6.54. The number of hydrogen-bond donors (Lipinski definition) is 2. The molecular formula is C13H29NO2. The topological polar surface area (TPSA) is 63.3 Å². The second-order valence-electron chi connectivity index (χ2n) is 4.16. The van der Waals surface area contributed by atoms with Crippen molar-refractivity contribution in [3.05, 3.63) is 0 Å². The van der Waals surface area contributed by atoms with Gasteiger partial charge in [0.25, 0.3) is 0 Å². The van der Waals surface area contributed by atoms with E-state index in [0.29, 0.717) is 12.3 Å². The molecule has 1 fully saturated rings. The normalized spacial score (nSPS) is 13.8. The van der Waals surface area contributed by atoms with E-state index in [0.717, 1.165) is 19.4 Å². The molecule has 0 heterocycles. The van der Waals surface area contributed by atoms with Gasteiger partial charge in [-0.2, -0.15) is 0 Å². The smallest absolute Gasteiger partial charge is 0.303 e. The van der Waals surface area contributed by atoms with Crippen LogP contribution in [0.15, 0.2) is 0 Å². The predicted octanol–water partition coefficient (Wildman–Crippen LogP) is 3.42. The van der Waals surface area contributed by atoms with Crippen LogP contribution in [0, 0.1) is 5.92 Å². The van der Waals surface area contributed by atoms with Gasteiger partial charge in [0.05, 0.1) is 0 Å². The summed E-state index contributed by atoms with van der Waals surface area (Å²) in [4.78, 5) is 10.0. The van der Waals surface area contributed by atoms with E-state index in [1.807, 2.05) is 6.92 Å². The van der Waals surface area contributed by atoms with Crippen LogP contribution >= 0.6 is 0 Å². The Kier molecular flexibility index (Phi) is 16.1. The highest BCUT2D eigenvalue weighted by Gasteiger charge is 2.19. The minimum atomic E-state index is -0.644.